The molecule has 0 aliphatic carbocycles. The summed E-state index contributed by atoms with van der Waals surface area (Å²) in [5.41, 5.74) is -0.219. The van der Waals surface area contributed by atoms with E-state index >= 15 is 0 Å². The highest BCUT2D eigenvalue weighted by Gasteiger charge is 2.12. The SMILES string of the molecule is O=[N+]([O-])c1cnc(Oc2cccc(O)c2)c(Cl)c1. The molecule has 0 aliphatic heterocycles. The number of rotatable bonds is 3. The van der Waals surface area contributed by atoms with Crippen LogP contribution < -0.4 is 4.74 Å². The van der Waals surface area contributed by atoms with Gasteiger partial charge in [0.05, 0.1) is 4.92 Å². The average Bonchev–Trinajstić information content (AvgIpc) is 2.31. The van der Waals surface area contributed by atoms with Crippen molar-refractivity contribution in [3.63, 3.8) is 0 Å². The lowest BCUT2D eigenvalue weighted by Crippen LogP contribution is -1.93. The minimum absolute atomic E-state index is 0.0209. The van der Waals surface area contributed by atoms with Gasteiger partial charge in [-0.25, -0.2) is 4.98 Å². The van der Waals surface area contributed by atoms with E-state index in [1.807, 2.05) is 0 Å². The van der Waals surface area contributed by atoms with Crippen LogP contribution in [0.3, 0.4) is 0 Å². The molecule has 7 heteroatoms. The number of hydrogen-bond donors (Lipinski definition) is 1. The Morgan fingerprint density at radius 2 is 2.17 bits per heavy atom. The van der Waals surface area contributed by atoms with E-state index in [-0.39, 0.29) is 22.3 Å². The van der Waals surface area contributed by atoms with Gasteiger partial charge in [-0.3, -0.25) is 10.1 Å². The molecule has 0 amide bonds. The first-order chi connectivity index (χ1) is 8.56. The lowest BCUT2D eigenvalue weighted by atomic mass is 10.3. The van der Waals surface area contributed by atoms with Crippen LogP contribution in [0.2, 0.25) is 5.02 Å². The van der Waals surface area contributed by atoms with Crippen molar-refractivity contribution in [3.8, 4) is 17.4 Å². The van der Waals surface area contributed by atoms with Crippen LogP contribution in [0.15, 0.2) is 36.5 Å². The second-order valence-corrected chi connectivity index (χ2v) is 3.74. The molecule has 0 fully saturated rings. The summed E-state index contributed by atoms with van der Waals surface area (Å²) in [6, 6.07) is 7.19. The van der Waals surface area contributed by atoms with Gasteiger partial charge in [-0.1, -0.05) is 17.7 Å². The average molecular weight is 267 g/mol. The number of aromatic nitrogens is 1. The third kappa shape index (κ3) is 2.67. The van der Waals surface area contributed by atoms with Gasteiger partial charge in [0.1, 0.15) is 22.7 Å². The summed E-state index contributed by atoms with van der Waals surface area (Å²) in [7, 11) is 0. The number of halogens is 1. The molecule has 2 rings (SSSR count). The Morgan fingerprint density at radius 3 is 2.78 bits per heavy atom. The van der Waals surface area contributed by atoms with Crippen molar-refractivity contribution in [1.29, 1.82) is 0 Å². The fourth-order valence-electron chi connectivity index (χ4n) is 1.25. The Hall–Kier alpha value is -2.34. The predicted octanol–water partition coefficient (Wildman–Crippen LogP) is 3.14. The molecule has 0 saturated heterocycles. The third-order valence-corrected chi connectivity index (χ3v) is 2.31. The zero-order valence-electron chi connectivity index (χ0n) is 8.91. The van der Waals surface area contributed by atoms with Crippen molar-refractivity contribution in [2.24, 2.45) is 0 Å². The monoisotopic (exact) mass is 266 g/mol. The van der Waals surface area contributed by atoms with Gasteiger partial charge in [0.25, 0.3) is 5.69 Å². The molecule has 0 saturated carbocycles. The fraction of sp³-hybridized carbons (Fsp3) is 0. The lowest BCUT2D eigenvalue weighted by Gasteiger charge is -2.06. The van der Waals surface area contributed by atoms with Crippen molar-refractivity contribution in [2.45, 2.75) is 0 Å². The van der Waals surface area contributed by atoms with Crippen molar-refractivity contribution in [3.05, 3.63) is 51.7 Å². The second-order valence-electron chi connectivity index (χ2n) is 3.34. The Labute approximate surface area is 107 Å². The minimum atomic E-state index is -0.600. The van der Waals surface area contributed by atoms with Gasteiger partial charge in [-0.2, -0.15) is 0 Å². The van der Waals surface area contributed by atoms with E-state index in [1.54, 1.807) is 12.1 Å². The van der Waals surface area contributed by atoms with Crippen LogP contribution in [-0.4, -0.2) is 15.0 Å². The Bertz CT molecular complexity index is 603. The van der Waals surface area contributed by atoms with Gasteiger partial charge >= 0.3 is 0 Å². The first kappa shape index (κ1) is 12.1. The lowest BCUT2D eigenvalue weighted by molar-refractivity contribution is -0.385. The van der Waals surface area contributed by atoms with E-state index in [0.717, 1.165) is 12.3 Å². The number of phenolic OH excluding ortho intramolecular Hbond substituents is 1. The zero-order valence-corrected chi connectivity index (χ0v) is 9.66. The summed E-state index contributed by atoms with van der Waals surface area (Å²) >= 11 is 5.81. The Kier molecular flexibility index (Phi) is 3.29. The standard InChI is InChI=1S/C11H7ClN2O4/c12-10-4-7(14(16)17)6-13-11(10)18-9-3-1-2-8(15)5-9/h1-6,15H. The van der Waals surface area contributed by atoms with Crippen molar-refractivity contribution < 1.29 is 14.8 Å². The molecule has 1 N–H and O–H groups in total. The molecule has 0 bridgehead atoms. The first-order valence-corrected chi connectivity index (χ1v) is 5.21. The summed E-state index contributed by atoms with van der Waals surface area (Å²) in [5, 5.41) is 19.8. The quantitative estimate of drug-likeness (QED) is 0.681. The van der Waals surface area contributed by atoms with Gasteiger partial charge in [0.15, 0.2) is 0 Å². The van der Waals surface area contributed by atoms with Crippen LogP contribution in [0.1, 0.15) is 0 Å². The normalized spacial score (nSPS) is 10.1. The van der Waals surface area contributed by atoms with Gasteiger partial charge in [-0.15, -0.1) is 0 Å². The number of nitrogens with zero attached hydrogens (tertiary/aromatic N) is 2. The van der Waals surface area contributed by atoms with Gasteiger partial charge < -0.3 is 9.84 Å². The molecular formula is C11H7ClN2O4. The Balaban J connectivity index is 2.27. The number of aromatic hydroxyl groups is 1. The van der Waals surface area contributed by atoms with E-state index in [2.05, 4.69) is 4.98 Å². The van der Waals surface area contributed by atoms with Crippen molar-refractivity contribution in [2.75, 3.05) is 0 Å². The van der Waals surface area contributed by atoms with Crippen molar-refractivity contribution >= 4 is 17.3 Å². The molecule has 0 radical (unpaired) electrons. The number of hydrogen-bond acceptors (Lipinski definition) is 5. The number of pyridine rings is 1. The van der Waals surface area contributed by atoms with Crippen LogP contribution in [-0.2, 0) is 0 Å². The summed E-state index contributed by atoms with van der Waals surface area (Å²) in [4.78, 5) is 13.6. The second kappa shape index (κ2) is 4.89. The highest BCUT2D eigenvalue weighted by atomic mass is 35.5. The maximum Gasteiger partial charge on any atom is 0.289 e. The van der Waals surface area contributed by atoms with Crippen LogP contribution in [0.25, 0.3) is 0 Å². The smallest absolute Gasteiger partial charge is 0.289 e. The highest BCUT2D eigenvalue weighted by Crippen LogP contribution is 2.30. The van der Waals surface area contributed by atoms with E-state index < -0.39 is 4.92 Å². The van der Waals surface area contributed by atoms with Crippen LogP contribution >= 0.6 is 11.6 Å². The molecule has 0 unspecified atom stereocenters. The first-order valence-electron chi connectivity index (χ1n) is 4.83. The topological polar surface area (TPSA) is 85.5 Å². The maximum absolute atomic E-state index is 10.5. The molecule has 0 atom stereocenters. The van der Waals surface area contributed by atoms with Crippen molar-refractivity contribution in [1.82, 2.24) is 4.98 Å². The molecule has 6 nitrogen and oxygen atoms in total. The summed E-state index contributed by atoms with van der Waals surface area (Å²) in [5.74, 6) is 0.400. The van der Waals surface area contributed by atoms with Gasteiger partial charge in [0, 0.05) is 12.1 Å². The van der Waals surface area contributed by atoms with E-state index in [4.69, 9.17) is 16.3 Å². The largest absolute Gasteiger partial charge is 0.508 e. The van der Waals surface area contributed by atoms with Crippen LogP contribution in [0, 0.1) is 10.1 Å². The Morgan fingerprint density at radius 1 is 1.39 bits per heavy atom. The molecule has 0 aliphatic rings. The maximum atomic E-state index is 10.5. The van der Waals surface area contributed by atoms with E-state index in [0.29, 0.717) is 5.75 Å². The molecule has 0 spiro atoms. The fourth-order valence-corrected chi connectivity index (χ4v) is 1.45. The summed E-state index contributed by atoms with van der Waals surface area (Å²) in [6.07, 6.45) is 1.05. The number of phenols is 1. The summed E-state index contributed by atoms with van der Waals surface area (Å²) in [6.45, 7) is 0. The number of nitro groups is 1. The highest BCUT2D eigenvalue weighted by molar-refractivity contribution is 6.32. The molecule has 2 aromatic rings. The van der Waals surface area contributed by atoms with Crippen LogP contribution in [0.4, 0.5) is 5.69 Å². The van der Waals surface area contributed by atoms with E-state index in [1.165, 1.54) is 12.1 Å². The van der Waals surface area contributed by atoms with Crippen LogP contribution in [0.5, 0.6) is 17.4 Å². The molecule has 92 valence electrons. The van der Waals surface area contributed by atoms with Gasteiger partial charge in [-0.05, 0) is 12.1 Å². The number of benzene rings is 1. The predicted molar refractivity (Wildman–Crippen MR) is 64.1 cm³/mol. The number of ether oxygens (including phenoxy) is 1. The summed E-state index contributed by atoms with van der Waals surface area (Å²) < 4.78 is 5.30. The molecule has 1 aromatic carbocycles. The molecule has 1 heterocycles. The van der Waals surface area contributed by atoms with Gasteiger partial charge in [0.2, 0.25) is 5.88 Å². The molecule has 18 heavy (non-hydrogen) atoms. The third-order valence-electron chi connectivity index (χ3n) is 2.04. The zero-order chi connectivity index (χ0) is 13.1. The van der Waals surface area contributed by atoms with E-state index in [9.17, 15) is 15.2 Å². The molecule has 1 aromatic heterocycles. The molecular weight excluding hydrogens is 260 g/mol. The minimum Gasteiger partial charge on any atom is -0.508 e.